The minimum absolute atomic E-state index is 0.156. The molecule has 0 saturated carbocycles. The van der Waals surface area contributed by atoms with Gasteiger partial charge in [0.2, 0.25) is 0 Å². The lowest BCUT2D eigenvalue weighted by Gasteiger charge is -2.11. The van der Waals surface area contributed by atoms with Crippen LogP contribution in [0.1, 0.15) is 5.76 Å². The Morgan fingerprint density at radius 1 is 1.14 bits per heavy atom. The highest BCUT2D eigenvalue weighted by Gasteiger charge is 2.22. The van der Waals surface area contributed by atoms with Crippen molar-refractivity contribution in [3.05, 3.63) is 59.3 Å². The Morgan fingerprint density at radius 2 is 1.71 bits per heavy atom. The van der Waals surface area contributed by atoms with Crippen LogP contribution in [0.3, 0.4) is 0 Å². The summed E-state index contributed by atoms with van der Waals surface area (Å²) in [5.74, 6) is 0.179. The molecule has 2 amide bonds. The maximum Gasteiger partial charge on any atom is 0.338 e. The van der Waals surface area contributed by atoms with Crippen LogP contribution in [0, 0.1) is 0 Å². The molecule has 0 bridgehead atoms. The molecule has 3 N–H and O–H groups in total. The number of urea groups is 1. The van der Waals surface area contributed by atoms with Gasteiger partial charge in [0.05, 0.1) is 10.5 Å². The van der Waals surface area contributed by atoms with Gasteiger partial charge in [-0.3, -0.25) is 5.21 Å². The number of hydrogen-bond acceptors (Lipinski definition) is 6. The minimum Gasteiger partial charge on any atom is -0.358 e. The Hall–Kier alpha value is -2.88. The van der Waals surface area contributed by atoms with Crippen LogP contribution < -0.4 is 5.73 Å². The molecular weight excluding hydrogens is 406 g/mol. The number of carbonyl (C=O) groups excluding carboxylic acids is 1. The number of primary amides is 1. The summed E-state index contributed by atoms with van der Waals surface area (Å²) in [5.41, 5.74) is 7.27. The van der Waals surface area contributed by atoms with Gasteiger partial charge in [0.15, 0.2) is 15.6 Å². The van der Waals surface area contributed by atoms with E-state index in [2.05, 4.69) is 5.16 Å². The number of hydroxylamine groups is 2. The lowest BCUT2D eigenvalue weighted by atomic mass is 9.99. The van der Waals surface area contributed by atoms with Crippen LogP contribution in [0.4, 0.5) is 4.79 Å². The van der Waals surface area contributed by atoms with E-state index in [0.29, 0.717) is 32.5 Å². The second kappa shape index (κ2) is 7.63. The zero-order chi connectivity index (χ0) is 20.5. The van der Waals surface area contributed by atoms with E-state index in [9.17, 15) is 18.4 Å². The van der Waals surface area contributed by atoms with Gasteiger partial charge >= 0.3 is 6.03 Å². The van der Waals surface area contributed by atoms with Crippen molar-refractivity contribution in [3.8, 4) is 22.4 Å². The van der Waals surface area contributed by atoms with Crippen molar-refractivity contribution in [2.24, 2.45) is 5.73 Å². The first kappa shape index (κ1) is 19.9. The van der Waals surface area contributed by atoms with Crippen molar-refractivity contribution in [1.29, 1.82) is 0 Å². The molecule has 0 aliphatic carbocycles. The molecule has 0 aliphatic rings. The summed E-state index contributed by atoms with van der Waals surface area (Å²) in [6, 6.07) is 11.9. The molecule has 0 fully saturated rings. The number of amides is 2. The fraction of sp³-hybridized carbons (Fsp3) is 0.111. The molecule has 0 spiro atoms. The first-order valence-electron chi connectivity index (χ1n) is 7.97. The fourth-order valence-electron chi connectivity index (χ4n) is 2.62. The number of carbonyl (C=O) groups is 1. The van der Waals surface area contributed by atoms with Gasteiger partial charge in [-0.2, -0.15) is 5.06 Å². The highest BCUT2D eigenvalue weighted by atomic mass is 35.5. The van der Waals surface area contributed by atoms with Crippen LogP contribution in [-0.4, -0.2) is 36.1 Å². The molecule has 8 nitrogen and oxygen atoms in total. The lowest BCUT2D eigenvalue weighted by Crippen LogP contribution is -2.32. The molecule has 0 saturated heterocycles. The van der Waals surface area contributed by atoms with E-state index >= 15 is 0 Å². The first-order valence-corrected chi connectivity index (χ1v) is 10.2. The predicted molar refractivity (Wildman–Crippen MR) is 102 cm³/mol. The molecular formula is C18H16ClN3O5S. The summed E-state index contributed by atoms with van der Waals surface area (Å²) in [4.78, 5) is 11.3. The summed E-state index contributed by atoms with van der Waals surface area (Å²) in [6.45, 7) is -0.334. The van der Waals surface area contributed by atoms with Crippen molar-refractivity contribution in [1.82, 2.24) is 10.2 Å². The van der Waals surface area contributed by atoms with E-state index < -0.39 is 15.9 Å². The number of halogens is 1. The van der Waals surface area contributed by atoms with E-state index in [1.54, 1.807) is 36.4 Å². The number of nitrogens with zero attached hydrogens (tertiary/aromatic N) is 2. The van der Waals surface area contributed by atoms with Crippen molar-refractivity contribution in [2.45, 2.75) is 11.4 Å². The van der Waals surface area contributed by atoms with Gasteiger partial charge < -0.3 is 10.3 Å². The maximum absolute atomic E-state index is 11.7. The summed E-state index contributed by atoms with van der Waals surface area (Å²) < 4.78 is 28.8. The lowest BCUT2D eigenvalue weighted by molar-refractivity contribution is -0.0521. The number of aromatic nitrogens is 1. The Kier molecular flexibility index (Phi) is 5.41. The summed E-state index contributed by atoms with van der Waals surface area (Å²) in [6.07, 6.45) is 1.11. The van der Waals surface area contributed by atoms with Gasteiger partial charge in [-0.15, -0.1) is 0 Å². The highest BCUT2D eigenvalue weighted by molar-refractivity contribution is 7.90. The third kappa shape index (κ3) is 4.16. The van der Waals surface area contributed by atoms with Crippen LogP contribution in [0.25, 0.3) is 22.4 Å². The average Bonchev–Trinajstić information content (AvgIpc) is 3.05. The Bertz CT molecular complexity index is 1110. The smallest absolute Gasteiger partial charge is 0.338 e. The SMILES string of the molecule is CS(=O)(=O)c1ccc(-c2c(-c3ccc(Cl)cc3)noc2CN(O)C(N)=O)cc1. The quantitative estimate of drug-likeness (QED) is 0.480. The third-order valence-corrected chi connectivity index (χ3v) is 5.38. The molecule has 1 aromatic heterocycles. The van der Waals surface area contributed by atoms with E-state index in [-0.39, 0.29) is 17.2 Å². The second-order valence-corrected chi connectivity index (χ2v) is 8.48. The van der Waals surface area contributed by atoms with Crippen LogP contribution >= 0.6 is 11.6 Å². The Balaban J connectivity index is 2.13. The van der Waals surface area contributed by atoms with E-state index in [1.165, 1.54) is 12.1 Å². The molecule has 146 valence electrons. The Labute approximate surface area is 166 Å². The molecule has 3 aromatic rings. The number of nitrogens with two attached hydrogens (primary N) is 1. The van der Waals surface area contributed by atoms with Gasteiger partial charge in [0, 0.05) is 16.8 Å². The zero-order valence-corrected chi connectivity index (χ0v) is 16.2. The topological polar surface area (TPSA) is 127 Å². The molecule has 10 heteroatoms. The number of rotatable bonds is 5. The molecule has 0 unspecified atom stereocenters. The largest absolute Gasteiger partial charge is 0.358 e. The summed E-state index contributed by atoms with van der Waals surface area (Å²) in [5, 5.41) is 14.6. The Morgan fingerprint density at radius 3 is 2.25 bits per heavy atom. The van der Waals surface area contributed by atoms with Gasteiger partial charge in [-0.1, -0.05) is 41.0 Å². The minimum atomic E-state index is -3.36. The first-order chi connectivity index (χ1) is 13.2. The van der Waals surface area contributed by atoms with Gasteiger partial charge in [-0.25, -0.2) is 13.2 Å². The average molecular weight is 422 g/mol. The van der Waals surface area contributed by atoms with Crippen LogP contribution in [0.2, 0.25) is 5.02 Å². The zero-order valence-electron chi connectivity index (χ0n) is 14.7. The summed E-state index contributed by atoms with van der Waals surface area (Å²) in [7, 11) is -3.36. The fourth-order valence-corrected chi connectivity index (χ4v) is 3.37. The van der Waals surface area contributed by atoms with E-state index in [0.717, 1.165) is 6.26 Å². The highest BCUT2D eigenvalue weighted by Crippen LogP contribution is 2.36. The predicted octanol–water partition coefficient (Wildman–Crippen LogP) is 3.34. The molecule has 0 aliphatic heterocycles. The van der Waals surface area contributed by atoms with E-state index in [4.69, 9.17) is 21.9 Å². The molecule has 1 heterocycles. The van der Waals surface area contributed by atoms with Gasteiger partial charge in [0.25, 0.3) is 0 Å². The molecule has 0 radical (unpaired) electrons. The number of hydrogen-bond donors (Lipinski definition) is 2. The van der Waals surface area contributed by atoms with Crippen LogP contribution in [0.15, 0.2) is 57.9 Å². The molecule has 28 heavy (non-hydrogen) atoms. The molecule has 3 rings (SSSR count). The van der Waals surface area contributed by atoms with Crippen molar-refractivity contribution in [3.63, 3.8) is 0 Å². The van der Waals surface area contributed by atoms with Crippen molar-refractivity contribution in [2.75, 3.05) is 6.26 Å². The van der Waals surface area contributed by atoms with Crippen molar-refractivity contribution >= 4 is 27.5 Å². The normalized spacial score (nSPS) is 11.4. The third-order valence-electron chi connectivity index (χ3n) is 4.00. The van der Waals surface area contributed by atoms with Crippen LogP contribution in [0.5, 0.6) is 0 Å². The molecule has 0 atom stereocenters. The van der Waals surface area contributed by atoms with Crippen LogP contribution in [-0.2, 0) is 16.4 Å². The molecule has 2 aromatic carbocycles. The second-order valence-electron chi connectivity index (χ2n) is 6.03. The van der Waals surface area contributed by atoms with E-state index in [1.807, 2.05) is 0 Å². The number of sulfone groups is 1. The van der Waals surface area contributed by atoms with Gasteiger partial charge in [0.1, 0.15) is 12.2 Å². The number of benzene rings is 2. The van der Waals surface area contributed by atoms with Crippen molar-refractivity contribution < 1.29 is 22.9 Å². The monoisotopic (exact) mass is 421 g/mol. The van der Waals surface area contributed by atoms with Gasteiger partial charge in [-0.05, 0) is 29.8 Å². The standard InChI is InChI=1S/C18H16ClN3O5S/c1-28(25,26)14-8-4-11(5-9-14)16-15(10-22(24)18(20)23)27-21-17(16)12-2-6-13(19)7-3-12/h2-9,24H,10H2,1H3,(H2,20,23). The maximum atomic E-state index is 11.7. The summed E-state index contributed by atoms with van der Waals surface area (Å²) >= 11 is 5.93.